The minimum atomic E-state index is -0.770. The van der Waals surface area contributed by atoms with Gasteiger partial charge in [0.2, 0.25) is 0 Å². The first-order valence-corrected chi connectivity index (χ1v) is 52.9. The van der Waals surface area contributed by atoms with E-state index in [1.165, 1.54) is 61.0 Å². The number of aromatic nitrogens is 2. The molecule has 18 nitrogen and oxygen atoms in total. The maximum Gasteiger partial charge on any atom is 0.306 e. The zero-order valence-corrected chi connectivity index (χ0v) is 97.3. The molecule has 772 valence electrons. The van der Waals surface area contributed by atoms with Gasteiger partial charge < -0.3 is 42.9 Å². The van der Waals surface area contributed by atoms with Gasteiger partial charge in [0.15, 0.2) is 0 Å². The molecule has 0 amide bonds. The van der Waals surface area contributed by atoms with Crippen LogP contribution in [0.15, 0.2) is 165 Å². The first-order valence-electron chi connectivity index (χ1n) is 45.3. The maximum absolute atomic E-state index is 12.2. The van der Waals surface area contributed by atoms with Crippen LogP contribution < -0.4 is 10.9 Å². The van der Waals surface area contributed by atoms with Gasteiger partial charge >= 0.3 is 35.8 Å². The summed E-state index contributed by atoms with van der Waals surface area (Å²) in [5.74, 6) is 13.9. The highest BCUT2D eigenvalue weighted by Crippen LogP contribution is 2.45. The Morgan fingerprint density at radius 3 is 1.07 bits per heavy atom. The van der Waals surface area contributed by atoms with Gasteiger partial charge in [0.1, 0.15) is 11.6 Å². The molecule has 2 aromatic heterocycles. The van der Waals surface area contributed by atoms with Crippen LogP contribution in [0.1, 0.15) is 287 Å². The van der Waals surface area contributed by atoms with Gasteiger partial charge in [-0.25, -0.2) is 5.84 Å². The van der Waals surface area contributed by atoms with Crippen molar-refractivity contribution in [3.8, 4) is 37.0 Å². The molecule has 0 aliphatic heterocycles. The Bertz CT molecular complexity index is 5060. The van der Waals surface area contributed by atoms with E-state index in [0.29, 0.717) is 119 Å². The summed E-state index contributed by atoms with van der Waals surface area (Å²) in [6.07, 6.45) is 16.3. The molecule has 0 saturated heterocycles. The Hall–Kier alpha value is -7.39. The van der Waals surface area contributed by atoms with Crippen molar-refractivity contribution in [2.75, 3.05) is 54.5 Å². The maximum atomic E-state index is 12.2. The van der Waals surface area contributed by atoms with E-state index < -0.39 is 5.97 Å². The lowest BCUT2D eigenvalue weighted by Crippen LogP contribution is -2.29. The summed E-state index contributed by atoms with van der Waals surface area (Å²) in [5, 5.41) is 16.9. The second-order valence-corrected chi connectivity index (χ2v) is 44.0. The summed E-state index contributed by atoms with van der Waals surface area (Å²) in [6, 6.07) is 45.5. The fourth-order valence-corrected chi connectivity index (χ4v) is 15.4. The number of terminal acetylenes is 2. The van der Waals surface area contributed by atoms with E-state index in [2.05, 4.69) is 309 Å². The van der Waals surface area contributed by atoms with E-state index in [0.717, 1.165) is 58.9 Å². The third kappa shape index (κ3) is 67.0. The van der Waals surface area contributed by atoms with E-state index in [9.17, 15) is 43.5 Å². The number of esters is 5. The van der Waals surface area contributed by atoms with E-state index in [-0.39, 0.29) is 101 Å². The zero-order chi connectivity index (χ0) is 105. The number of aliphatic carboxylic acids is 1. The average molecular weight is 2310 g/mol. The lowest BCUT2D eigenvalue weighted by Gasteiger charge is -2.19. The fraction of sp³-hybridized carbons (Fsp3) is 0.473. The first kappa shape index (κ1) is 140. The SMILES string of the molecule is C.C#C.C#CC.C=C(Br)CBr.C=C(Br)CCC(=O)OCC.CC#CC.CC(C)c1ccc(N(N)Cc2ccc(Cl)cc2)cc1.CC(C)c1ccc2c(c1)c(SC(C)(C)C)c(CCC(=O)O)n2Cc1ccc(Cl)cc1.CCOC(=O)CCC(=O)CBr.CCOC(=O)CCC(=O)CSC(C)(C)C.CCOC(=O)CCc1c(SC(C)(C)C)c2cc(C(C)C)ccc2n1Cc1ccc(Cl)cc1.CCOC(C)=O.Cl. The molecule has 0 fully saturated rings. The standard InChI is InChI=1S/C27H34ClNO2S.C25H30ClNO2S.C16H19ClN2.C11H20O3S.C7H11BrO3.C7H11BrO2.C4H8O2.C4H6.C3H4Br2.C3H4.C2H2.CH4.ClH/c1-7-31-25(30)15-14-24-26(32-27(4,5)6)22-16-20(18(2)3)10-13-23(22)29(24)17-19-8-11-21(28)12-9-19;1-16(2)18-8-11-21-20(14-18)24(30-25(3,4)5)22(12-13-23(28)29)27(21)15-17-6-9-19(26)10-7-17;1-12(2)14-5-9-16(10-6-14)19(18)11-13-3-7-15(17)8-4-13;1-5-14-10(13)7-6-9(12)8-15-11(2,3)4;1-2-11-7(10)4-3-6(9)5-8;1-3-10-7(9)5-4-6(2)8;1-3-6-4(2)5;1-3-4-2;1-3(5)2-4;1-3-2;1-2;;/h8-13,16,18H,7,14-15,17H2,1-6H3;6-11,14,16H,12-13,15H2,1-5H3,(H,28,29);3-10,12H,11,18H2,1-2H3;5-8H2,1-4H3;2-5H2,1H3;2-5H2,1H3;3H2,1-2H3;1-2H3;1-2H2;1H,2H3;1-2H;1H4;1H. The number of halogens is 8. The van der Waals surface area contributed by atoms with Gasteiger partial charge in [-0.3, -0.25) is 38.4 Å². The number of nitrogens with zero attached hydrogens (tertiary/aromatic N) is 3. The van der Waals surface area contributed by atoms with E-state index in [4.69, 9.17) is 54.9 Å². The summed E-state index contributed by atoms with van der Waals surface area (Å²) < 4.78 is 30.3. The van der Waals surface area contributed by atoms with Gasteiger partial charge in [-0.05, 0) is 208 Å². The molecule has 3 N–H and O–H groups in total. The molecule has 8 rings (SSSR count). The van der Waals surface area contributed by atoms with Crippen molar-refractivity contribution in [3.63, 3.8) is 0 Å². The average Bonchev–Trinajstić information content (AvgIpc) is 1.61. The quantitative estimate of drug-likeness (QED) is 0.00705. The van der Waals surface area contributed by atoms with Gasteiger partial charge in [0, 0.05) is 110 Å². The van der Waals surface area contributed by atoms with Crippen LogP contribution in [0.25, 0.3) is 21.8 Å². The lowest BCUT2D eigenvalue weighted by atomic mass is 10.0. The van der Waals surface area contributed by atoms with Crippen molar-refractivity contribution in [2.24, 2.45) is 5.84 Å². The molecular formula is C110H154Br4Cl4N4O14S3. The lowest BCUT2D eigenvalue weighted by molar-refractivity contribution is -0.144. The number of thioether (sulfide) groups is 3. The van der Waals surface area contributed by atoms with Crippen LogP contribution in [-0.4, -0.2) is 125 Å². The number of carboxylic acid groups (broad SMARTS) is 1. The van der Waals surface area contributed by atoms with Crippen LogP contribution in [0.3, 0.4) is 0 Å². The number of alkyl halides is 2. The number of ether oxygens (including phenoxy) is 5. The Morgan fingerprint density at radius 1 is 0.475 bits per heavy atom. The number of nitrogens with two attached hydrogens (primary N) is 1. The number of hydrogen-bond acceptors (Lipinski definition) is 18. The molecule has 8 aromatic rings. The molecule has 0 radical (unpaired) electrons. The molecule has 6 aromatic carbocycles. The van der Waals surface area contributed by atoms with Gasteiger partial charge in [-0.2, -0.15) is 0 Å². The number of carboxylic acids is 1. The minimum absolute atomic E-state index is 0. The normalized spacial score (nSPS) is 10.2. The number of ketones is 2. The highest BCUT2D eigenvalue weighted by molar-refractivity contribution is 9.13. The molecule has 2 heterocycles. The Balaban J connectivity index is -0.000000514. The van der Waals surface area contributed by atoms with Crippen molar-refractivity contribution in [2.45, 2.75) is 299 Å². The molecule has 0 saturated carbocycles. The topological polar surface area (TPSA) is 242 Å². The summed E-state index contributed by atoms with van der Waals surface area (Å²) in [4.78, 5) is 90.3. The number of allylic oxidation sites excluding steroid dienone is 2. The fourth-order valence-electron chi connectivity index (χ4n) is 11.4. The van der Waals surface area contributed by atoms with Gasteiger partial charge in [0.25, 0.3) is 0 Å². The van der Waals surface area contributed by atoms with Crippen molar-refractivity contribution < 1.29 is 67.1 Å². The molecule has 139 heavy (non-hydrogen) atoms. The molecule has 0 unspecified atom stereocenters. The smallest absolute Gasteiger partial charge is 0.306 e. The third-order valence-corrected chi connectivity index (χ3v) is 25.2. The van der Waals surface area contributed by atoms with Crippen LogP contribution in [0.2, 0.25) is 15.1 Å². The Morgan fingerprint density at radius 2 is 0.791 bits per heavy atom. The number of benzene rings is 6. The van der Waals surface area contributed by atoms with Crippen molar-refractivity contribution >= 4 is 221 Å². The van der Waals surface area contributed by atoms with Crippen molar-refractivity contribution in [3.05, 3.63) is 215 Å². The van der Waals surface area contributed by atoms with Gasteiger partial charge in [-0.15, -0.1) is 84.7 Å². The highest BCUT2D eigenvalue weighted by Gasteiger charge is 2.27. The summed E-state index contributed by atoms with van der Waals surface area (Å²) in [7, 11) is 0. The third-order valence-electron chi connectivity index (χ3n) is 17.8. The second-order valence-electron chi connectivity index (χ2n) is 33.9. The molecule has 0 spiro atoms. The van der Waals surface area contributed by atoms with Crippen LogP contribution in [0.4, 0.5) is 5.69 Å². The monoisotopic (exact) mass is 2310 g/mol. The molecular weight excluding hydrogens is 2160 g/mol. The summed E-state index contributed by atoms with van der Waals surface area (Å²) in [6.45, 7) is 59.7. The first-order chi connectivity index (χ1) is 64.3. The van der Waals surface area contributed by atoms with Gasteiger partial charge in [0.05, 0.1) is 88.5 Å². The van der Waals surface area contributed by atoms with Crippen LogP contribution in [-0.2, 0) is 94.5 Å². The number of anilines is 1. The molecule has 0 aliphatic carbocycles. The number of carbonyl (C=O) groups excluding carboxylic acids is 7. The predicted octanol–water partition coefficient (Wildman–Crippen LogP) is 31.4. The second kappa shape index (κ2) is 79.0. The number of rotatable bonds is 36. The largest absolute Gasteiger partial charge is 0.481 e. The number of fused-ring (bicyclic) bond motifs is 2. The summed E-state index contributed by atoms with van der Waals surface area (Å²) in [5.41, 5.74) is 13.1. The molecule has 0 bridgehead atoms. The number of hydrogen-bond donors (Lipinski definition) is 2. The molecule has 29 heteroatoms. The number of hydrazine groups is 1. The number of carbonyl (C=O) groups is 8. The summed E-state index contributed by atoms with van der Waals surface area (Å²) >= 11 is 35.8. The van der Waals surface area contributed by atoms with Crippen molar-refractivity contribution in [1.82, 2.24) is 9.13 Å². The van der Waals surface area contributed by atoms with Crippen LogP contribution in [0.5, 0.6) is 0 Å². The Kier molecular flexibility index (Phi) is 79.6. The van der Waals surface area contributed by atoms with Crippen molar-refractivity contribution in [1.29, 1.82) is 0 Å². The number of Topliss-reactive ketones (excluding diaryl/α,β-unsaturated/α-hetero) is 2. The predicted molar refractivity (Wildman–Crippen MR) is 611 cm³/mol. The van der Waals surface area contributed by atoms with Crippen LogP contribution in [0, 0.1) is 37.0 Å². The van der Waals surface area contributed by atoms with Crippen LogP contribution >= 0.6 is 146 Å². The van der Waals surface area contributed by atoms with Gasteiger partial charge in [-0.1, -0.05) is 284 Å². The molecule has 0 atom stereocenters. The van der Waals surface area contributed by atoms with E-state index in [1.807, 2.05) is 105 Å². The highest BCUT2D eigenvalue weighted by atomic mass is 79.9. The Labute approximate surface area is 901 Å². The van der Waals surface area contributed by atoms with E-state index >= 15 is 0 Å². The van der Waals surface area contributed by atoms with E-state index in [1.54, 1.807) is 51.4 Å². The zero-order valence-electron chi connectivity index (χ0n) is 85.4. The minimum Gasteiger partial charge on any atom is -0.481 e. The molecule has 0 aliphatic rings.